The van der Waals surface area contributed by atoms with Crippen LogP contribution in [0.25, 0.3) is 0 Å². The lowest BCUT2D eigenvalue weighted by atomic mass is 9.98. The lowest BCUT2D eigenvalue weighted by Gasteiger charge is -2.46. The summed E-state index contributed by atoms with van der Waals surface area (Å²) in [4.78, 5) is 0. The van der Waals surface area contributed by atoms with Crippen molar-refractivity contribution in [3.8, 4) is 0 Å². The van der Waals surface area contributed by atoms with Crippen LogP contribution in [0.15, 0.2) is 30.3 Å². The van der Waals surface area contributed by atoms with Crippen LogP contribution < -0.4 is 0 Å². The standard InChI is InChI=1S/C17H23FO6/c1-3-20-10-22-15-13(18)17(19-2)23-12-9-21-16(24-14(12)15)11-7-5-4-6-8-11/h4-8,12-17H,3,9-10H2,1-2H3/t12-,13-,14-,15-,16-,17-/m1/s1/i18-1. The van der Waals surface area contributed by atoms with Gasteiger partial charge < -0.3 is 28.4 Å². The van der Waals surface area contributed by atoms with Gasteiger partial charge in [0.25, 0.3) is 0 Å². The predicted molar refractivity (Wildman–Crippen MR) is 81.9 cm³/mol. The van der Waals surface area contributed by atoms with Gasteiger partial charge in [0.2, 0.25) is 0 Å². The Morgan fingerprint density at radius 3 is 2.71 bits per heavy atom. The fourth-order valence-electron chi connectivity index (χ4n) is 2.90. The van der Waals surface area contributed by atoms with E-state index >= 15 is 0 Å². The van der Waals surface area contributed by atoms with E-state index in [1.54, 1.807) is 0 Å². The summed E-state index contributed by atoms with van der Waals surface area (Å²) >= 11 is 0. The SMILES string of the molecule is CCOCO[C@@H]1[C@@H]([18F])[C@H](OC)O[C@@H]2CO[C@@H](c3ccccc3)O[C@@H]12. The van der Waals surface area contributed by atoms with Gasteiger partial charge in [-0.1, -0.05) is 30.3 Å². The highest BCUT2D eigenvalue weighted by Gasteiger charge is 2.51. The maximum absolute atomic E-state index is 14.7. The van der Waals surface area contributed by atoms with Gasteiger partial charge in [-0.05, 0) is 6.92 Å². The predicted octanol–water partition coefficient (Wildman–Crippen LogP) is 2.19. The largest absolute Gasteiger partial charge is 0.356 e. The van der Waals surface area contributed by atoms with E-state index in [0.717, 1.165) is 5.56 Å². The molecule has 0 radical (unpaired) electrons. The highest BCUT2D eigenvalue weighted by atomic mass is 18.2. The van der Waals surface area contributed by atoms with Gasteiger partial charge in [0.15, 0.2) is 18.8 Å². The third kappa shape index (κ3) is 3.77. The maximum atomic E-state index is 14.7. The molecule has 1 aromatic rings. The summed E-state index contributed by atoms with van der Waals surface area (Å²) < 4.78 is 47.8. The van der Waals surface area contributed by atoms with Crippen molar-refractivity contribution in [2.45, 2.75) is 44.0 Å². The van der Waals surface area contributed by atoms with Crippen LogP contribution in [0.4, 0.5) is 4.39 Å². The summed E-state index contributed by atoms with van der Waals surface area (Å²) in [5.74, 6) is 0. The normalized spacial score (nSPS) is 36.3. The number of hydrogen-bond donors (Lipinski definition) is 0. The Morgan fingerprint density at radius 1 is 1.21 bits per heavy atom. The molecule has 2 fully saturated rings. The Kier molecular flexibility index (Phi) is 6.15. The molecule has 6 nitrogen and oxygen atoms in total. The van der Waals surface area contributed by atoms with Crippen LogP contribution in [0, 0.1) is 0 Å². The minimum Gasteiger partial charge on any atom is -0.356 e. The van der Waals surface area contributed by atoms with Crippen molar-refractivity contribution in [3.05, 3.63) is 35.9 Å². The number of halogens is 1. The van der Waals surface area contributed by atoms with E-state index in [-0.39, 0.29) is 13.4 Å². The lowest BCUT2D eigenvalue weighted by molar-refractivity contribution is -0.359. The van der Waals surface area contributed by atoms with Crippen LogP contribution in [0.5, 0.6) is 0 Å². The molecule has 0 N–H and O–H groups in total. The quantitative estimate of drug-likeness (QED) is 0.584. The van der Waals surface area contributed by atoms with E-state index in [9.17, 15) is 4.39 Å². The van der Waals surface area contributed by atoms with Gasteiger partial charge >= 0.3 is 0 Å². The molecular formula is C17H23FO6. The van der Waals surface area contributed by atoms with Crippen molar-refractivity contribution >= 4 is 0 Å². The highest BCUT2D eigenvalue weighted by Crippen LogP contribution is 2.36. The lowest BCUT2D eigenvalue weighted by Crippen LogP contribution is -2.61. The summed E-state index contributed by atoms with van der Waals surface area (Å²) in [7, 11) is 1.40. The van der Waals surface area contributed by atoms with Crippen LogP contribution in [-0.4, -0.2) is 57.9 Å². The Hall–Kier alpha value is -1.09. The molecule has 24 heavy (non-hydrogen) atoms. The fourth-order valence-corrected chi connectivity index (χ4v) is 2.90. The first-order valence-electron chi connectivity index (χ1n) is 8.08. The van der Waals surface area contributed by atoms with E-state index < -0.39 is 37.1 Å². The van der Waals surface area contributed by atoms with Gasteiger partial charge in [-0.3, -0.25) is 0 Å². The minimum atomic E-state index is -1.48. The number of methoxy groups -OCH3 is 1. The van der Waals surface area contributed by atoms with Gasteiger partial charge in [-0.25, -0.2) is 4.39 Å². The number of rotatable bonds is 6. The summed E-state index contributed by atoms with van der Waals surface area (Å²) in [6.45, 7) is 2.59. The number of alkyl halides is 1. The molecule has 0 saturated carbocycles. The zero-order valence-electron chi connectivity index (χ0n) is 13.8. The number of fused-ring (bicyclic) bond motifs is 1. The van der Waals surface area contributed by atoms with Crippen molar-refractivity contribution in [1.82, 2.24) is 0 Å². The second kappa shape index (κ2) is 8.33. The Morgan fingerprint density at radius 2 is 2.00 bits per heavy atom. The number of hydrogen-bond acceptors (Lipinski definition) is 6. The molecular weight excluding hydrogens is 318 g/mol. The molecule has 3 rings (SSSR count). The summed E-state index contributed by atoms with van der Waals surface area (Å²) in [5, 5.41) is 0. The number of ether oxygens (including phenoxy) is 6. The first-order valence-corrected chi connectivity index (χ1v) is 8.08. The molecule has 0 bridgehead atoms. The molecule has 2 saturated heterocycles. The van der Waals surface area contributed by atoms with E-state index in [1.807, 2.05) is 37.3 Å². The van der Waals surface area contributed by atoms with Crippen LogP contribution >= 0.6 is 0 Å². The van der Waals surface area contributed by atoms with Crippen molar-refractivity contribution < 1.29 is 32.8 Å². The molecule has 2 heterocycles. The molecule has 0 unspecified atom stereocenters. The second-order valence-electron chi connectivity index (χ2n) is 5.64. The van der Waals surface area contributed by atoms with E-state index in [2.05, 4.69) is 0 Å². The van der Waals surface area contributed by atoms with E-state index in [4.69, 9.17) is 28.4 Å². The molecule has 0 aromatic heterocycles. The second-order valence-corrected chi connectivity index (χ2v) is 5.64. The molecule has 134 valence electrons. The Labute approximate surface area is 140 Å². The summed E-state index contributed by atoms with van der Waals surface area (Å²) in [6, 6.07) is 9.50. The van der Waals surface area contributed by atoms with Crippen LogP contribution in [-0.2, 0) is 28.4 Å². The molecule has 0 aliphatic carbocycles. The van der Waals surface area contributed by atoms with Crippen LogP contribution in [0.2, 0.25) is 0 Å². The monoisotopic (exact) mass is 341 g/mol. The third-order valence-corrected chi connectivity index (χ3v) is 4.12. The molecule has 6 atom stereocenters. The molecule has 7 heteroatoms. The minimum absolute atomic E-state index is 0.0124. The van der Waals surface area contributed by atoms with Gasteiger partial charge in [0.05, 0.1) is 6.61 Å². The summed E-state index contributed by atoms with van der Waals surface area (Å²) in [5.41, 5.74) is 0.865. The van der Waals surface area contributed by atoms with Crippen molar-refractivity contribution in [2.75, 3.05) is 27.1 Å². The summed E-state index contributed by atoms with van der Waals surface area (Å²) in [6.07, 6.45) is -5.00. The third-order valence-electron chi connectivity index (χ3n) is 4.12. The topological polar surface area (TPSA) is 55.4 Å². The first-order chi connectivity index (χ1) is 11.7. The van der Waals surface area contributed by atoms with Gasteiger partial charge in [0.1, 0.15) is 25.1 Å². The first kappa shape index (κ1) is 17.7. The van der Waals surface area contributed by atoms with Crippen LogP contribution in [0.3, 0.4) is 0 Å². The molecule has 2 aliphatic heterocycles. The van der Waals surface area contributed by atoms with Crippen molar-refractivity contribution in [1.29, 1.82) is 0 Å². The fraction of sp³-hybridized carbons (Fsp3) is 0.647. The Bertz CT molecular complexity index is 501. The van der Waals surface area contributed by atoms with Gasteiger partial charge in [-0.2, -0.15) is 0 Å². The van der Waals surface area contributed by atoms with Gasteiger partial charge in [0, 0.05) is 19.3 Å². The van der Waals surface area contributed by atoms with Crippen molar-refractivity contribution in [3.63, 3.8) is 0 Å². The van der Waals surface area contributed by atoms with Crippen LogP contribution in [0.1, 0.15) is 18.8 Å². The molecule has 0 spiro atoms. The molecule has 2 aliphatic rings. The maximum Gasteiger partial charge on any atom is 0.191 e. The van der Waals surface area contributed by atoms with Gasteiger partial charge in [-0.15, -0.1) is 0 Å². The number of benzene rings is 1. The smallest absolute Gasteiger partial charge is 0.191 e. The van der Waals surface area contributed by atoms with E-state index in [1.165, 1.54) is 7.11 Å². The zero-order valence-corrected chi connectivity index (χ0v) is 13.8. The molecule has 0 amide bonds. The van der Waals surface area contributed by atoms with E-state index in [0.29, 0.717) is 6.61 Å². The average molecular weight is 341 g/mol. The zero-order chi connectivity index (χ0) is 16.9. The Balaban J connectivity index is 1.73. The van der Waals surface area contributed by atoms with Crippen molar-refractivity contribution in [2.24, 2.45) is 0 Å². The molecule has 1 aromatic carbocycles. The average Bonchev–Trinajstić information content (AvgIpc) is 2.63. The highest BCUT2D eigenvalue weighted by molar-refractivity contribution is 5.16.